The molecule has 0 aromatic heterocycles. The van der Waals surface area contributed by atoms with Gasteiger partial charge in [0.05, 0.1) is 0 Å². The van der Waals surface area contributed by atoms with Crippen molar-refractivity contribution in [2.24, 2.45) is 5.73 Å². The van der Waals surface area contributed by atoms with E-state index in [4.69, 9.17) is 5.73 Å². The molecule has 3 heteroatoms. The molecule has 0 amide bonds. The van der Waals surface area contributed by atoms with Crippen molar-refractivity contribution >= 4 is 12.4 Å². The maximum atomic E-state index is 13.3. The molecule has 0 saturated heterocycles. The van der Waals surface area contributed by atoms with Gasteiger partial charge in [-0.15, -0.1) is 12.4 Å². The zero-order chi connectivity index (χ0) is 9.26. The lowest BCUT2D eigenvalue weighted by Gasteiger charge is -2.10. The van der Waals surface area contributed by atoms with Gasteiger partial charge in [0.15, 0.2) is 0 Å². The molecule has 1 aromatic carbocycles. The van der Waals surface area contributed by atoms with Crippen LogP contribution in [-0.4, -0.2) is 6.04 Å². The average Bonchev–Trinajstić information content (AvgIpc) is 2.53. The summed E-state index contributed by atoms with van der Waals surface area (Å²) in [7, 11) is 0. The van der Waals surface area contributed by atoms with Crippen LogP contribution in [0.1, 0.15) is 30.7 Å². The van der Waals surface area contributed by atoms with E-state index in [1.54, 1.807) is 6.07 Å². The summed E-state index contributed by atoms with van der Waals surface area (Å²) in [5.41, 5.74) is 6.63. The second-order valence-corrected chi connectivity index (χ2v) is 3.79. The predicted octanol–water partition coefficient (Wildman–Crippen LogP) is 2.84. The van der Waals surface area contributed by atoms with Gasteiger partial charge in [-0.05, 0) is 36.8 Å². The highest BCUT2D eigenvalue weighted by Crippen LogP contribution is 2.34. The normalized spacial score (nSPS) is 25.9. The first-order valence-electron chi connectivity index (χ1n) is 4.77. The second-order valence-electron chi connectivity index (χ2n) is 3.79. The van der Waals surface area contributed by atoms with E-state index in [9.17, 15) is 4.39 Å². The summed E-state index contributed by atoms with van der Waals surface area (Å²) in [5.74, 6) is 0.262. The molecule has 1 nitrogen and oxygen atoms in total. The van der Waals surface area contributed by atoms with Crippen molar-refractivity contribution in [1.82, 2.24) is 0 Å². The van der Waals surface area contributed by atoms with E-state index in [1.807, 2.05) is 12.1 Å². The number of benzene rings is 1. The largest absolute Gasteiger partial charge is 0.328 e. The van der Waals surface area contributed by atoms with E-state index in [1.165, 1.54) is 6.07 Å². The number of halogens is 2. The van der Waals surface area contributed by atoms with Crippen LogP contribution in [0, 0.1) is 5.82 Å². The third-order valence-corrected chi connectivity index (χ3v) is 2.82. The molecule has 2 unspecified atom stereocenters. The number of rotatable bonds is 1. The first-order chi connectivity index (χ1) is 6.27. The minimum Gasteiger partial charge on any atom is -0.328 e. The molecule has 1 fully saturated rings. The van der Waals surface area contributed by atoms with Gasteiger partial charge >= 0.3 is 0 Å². The van der Waals surface area contributed by atoms with Crippen molar-refractivity contribution in [3.05, 3.63) is 35.6 Å². The molecule has 1 aliphatic rings. The molecule has 14 heavy (non-hydrogen) atoms. The lowest BCUT2D eigenvalue weighted by molar-refractivity contribution is 0.576. The van der Waals surface area contributed by atoms with Crippen molar-refractivity contribution in [2.75, 3.05) is 0 Å². The average molecular weight is 216 g/mol. The van der Waals surface area contributed by atoms with Gasteiger partial charge < -0.3 is 5.73 Å². The predicted molar refractivity (Wildman–Crippen MR) is 58.2 cm³/mol. The van der Waals surface area contributed by atoms with Crippen LogP contribution in [0.15, 0.2) is 24.3 Å². The quantitative estimate of drug-likeness (QED) is 0.766. The van der Waals surface area contributed by atoms with E-state index in [-0.39, 0.29) is 24.3 Å². The van der Waals surface area contributed by atoms with Gasteiger partial charge in [-0.25, -0.2) is 4.39 Å². The molecule has 1 aliphatic carbocycles. The lowest BCUT2D eigenvalue weighted by atomic mass is 9.97. The van der Waals surface area contributed by atoms with Crippen molar-refractivity contribution in [1.29, 1.82) is 0 Å². The van der Waals surface area contributed by atoms with Gasteiger partial charge in [-0.1, -0.05) is 18.2 Å². The van der Waals surface area contributed by atoms with Crippen LogP contribution in [0.25, 0.3) is 0 Å². The van der Waals surface area contributed by atoms with Crippen LogP contribution in [0.2, 0.25) is 0 Å². The Balaban J connectivity index is 0.000000980. The molecule has 2 atom stereocenters. The molecule has 2 rings (SSSR count). The molecule has 0 heterocycles. The minimum atomic E-state index is -0.0819. The Morgan fingerprint density at radius 1 is 1.21 bits per heavy atom. The molecule has 1 aromatic rings. The van der Waals surface area contributed by atoms with E-state index in [2.05, 4.69) is 0 Å². The SMILES string of the molecule is Cl.NC1CCC(c2ccccc2F)C1. The summed E-state index contributed by atoms with van der Waals surface area (Å²) >= 11 is 0. The molecule has 1 saturated carbocycles. The Bertz CT molecular complexity index is 303. The summed E-state index contributed by atoms with van der Waals surface area (Å²) in [6.07, 6.45) is 2.99. The van der Waals surface area contributed by atoms with E-state index in [0.717, 1.165) is 24.8 Å². The fourth-order valence-corrected chi connectivity index (χ4v) is 2.11. The van der Waals surface area contributed by atoms with Gasteiger partial charge in [0.25, 0.3) is 0 Å². The fraction of sp³-hybridized carbons (Fsp3) is 0.455. The monoisotopic (exact) mass is 215 g/mol. The van der Waals surface area contributed by atoms with E-state index < -0.39 is 0 Å². The van der Waals surface area contributed by atoms with Gasteiger partial charge in [-0.2, -0.15) is 0 Å². The maximum Gasteiger partial charge on any atom is 0.126 e. The molecular formula is C11H15ClFN. The van der Waals surface area contributed by atoms with Gasteiger partial charge in [0, 0.05) is 6.04 Å². The second kappa shape index (κ2) is 4.76. The summed E-state index contributed by atoms with van der Waals surface area (Å²) in [4.78, 5) is 0. The fourth-order valence-electron chi connectivity index (χ4n) is 2.11. The number of hydrogen-bond acceptors (Lipinski definition) is 1. The molecule has 78 valence electrons. The van der Waals surface area contributed by atoms with E-state index >= 15 is 0 Å². The van der Waals surface area contributed by atoms with E-state index in [0.29, 0.717) is 5.92 Å². The Morgan fingerprint density at radius 3 is 2.50 bits per heavy atom. The van der Waals surface area contributed by atoms with Gasteiger partial charge in [0.1, 0.15) is 5.82 Å². The smallest absolute Gasteiger partial charge is 0.126 e. The maximum absolute atomic E-state index is 13.3. The highest BCUT2D eigenvalue weighted by molar-refractivity contribution is 5.85. The van der Waals surface area contributed by atoms with Crippen LogP contribution < -0.4 is 5.73 Å². The first kappa shape index (κ1) is 11.5. The molecule has 0 aliphatic heterocycles. The van der Waals surface area contributed by atoms with Crippen molar-refractivity contribution < 1.29 is 4.39 Å². The first-order valence-corrected chi connectivity index (χ1v) is 4.77. The third kappa shape index (κ3) is 2.25. The third-order valence-electron chi connectivity index (χ3n) is 2.82. The van der Waals surface area contributed by atoms with Gasteiger partial charge in [0.2, 0.25) is 0 Å². The summed E-state index contributed by atoms with van der Waals surface area (Å²) < 4.78 is 13.3. The lowest BCUT2D eigenvalue weighted by Crippen LogP contribution is -2.14. The minimum absolute atomic E-state index is 0. The summed E-state index contributed by atoms with van der Waals surface area (Å²) in [6, 6.07) is 7.29. The van der Waals surface area contributed by atoms with Crippen LogP contribution in [0.4, 0.5) is 4.39 Å². The van der Waals surface area contributed by atoms with Crippen LogP contribution in [0.5, 0.6) is 0 Å². The Morgan fingerprint density at radius 2 is 1.93 bits per heavy atom. The molecule has 2 N–H and O–H groups in total. The molecule has 0 spiro atoms. The van der Waals surface area contributed by atoms with Crippen LogP contribution >= 0.6 is 12.4 Å². The highest BCUT2D eigenvalue weighted by atomic mass is 35.5. The summed E-state index contributed by atoms with van der Waals surface area (Å²) in [5, 5.41) is 0. The van der Waals surface area contributed by atoms with Crippen LogP contribution in [-0.2, 0) is 0 Å². The van der Waals surface area contributed by atoms with Crippen LogP contribution in [0.3, 0.4) is 0 Å². The van der Waals surface area contributed by atoms with Crippen molar-refractivity contribution in [2.45, 2.75) is 31.2 Å². The molecule has 0 radical (unpaired) electrons. The Kier molecular flexibility index (Phi) is 3.90. The van der Waals surface area contributed by atoms with Gasteiger partial charge in [-0.3, -0.25) is 0 Å². The molecular weight excluding hydrogens is 201 g/mol. The molecule has 0 bridgehead atoms. The number of nitrogens with two attached hydrogens (primary N) is 1. The summed E-state index contributed by atoms with van der Waals surface area (Å²) in [6.45, 7) is 0. The van der Waals surface area contributed by atoms with Crippen molar-refractivity contribution in [3.63, 3.8) is 0 Å². The standard InChI is InChI=1S/C11H14FN.ClH/c12-11-4-2-1-3-10(11)8-5-6-9(13)7-8;/h1-4,8-9H,5-7,13H2;1H. The number of hydrogen-bond donors (Lipinski definition) is 1. The zero-order valence-electron chi connectivity index (χ0n) is 7.95. The zero-order valence-corrected chi connectivity index (χ0v) is 8.77. The highest BCUT2D eigenvalue weighted by Gasteiger charge is 2.24. The van der Waals surface area contributed by atoms with Crippen molar-refractivity contribution in [3.8, 4) is 0 Å². The Hall–Kier alpha value is -0.600. The topological polar surface area (TPSA) is 26.0 Å². The Labute approximate surface area is 89.9 Å².